The summed E-state index contributed by atoms with van der Waals surface area (Å²) in [6.07, 6.45) is 1.87. The van der Waals surface area contributed by atoms with Crippen LogP contribution in [0.5, 0.6) is 11.5 Å². The van der Waals surface area contributed by atoms with Crippen LogP contribution in [-0.2, 0) is 17.6 Å². The van der Waals surface area contributed by atoms with E-state index in [1.165, 1.54) is 5.56 Å². The zero-order valence-electron chi connectivity index (χ0n) is 15.4. The van der Waals surface area contributed by atoms with Crippen LogP contribution in [0.25, 0.3) is 0 Å². The standard InChI is InChI=1S/C20H26N2O4/c1-13(5-15-3-4-19-20(7-15)25-12-24-19)9-21-18-11-23-10-16(18)8-17-6-14(2)22-26-17/h3-4,6-7,13,16,18,21H,5,8-12H2,1-2H3/t13?,16-,18-/m1/s1. The van der Waals surface area contributed by atoms with Gasteiger partial charge in [0.05, 0.1) is 18.9 Å². The van der Waals surface area contributed by atoms with Gasteiger partial charge in [-0.05, 0) is 43.5 Å². The van der Waals surface area contributed by atoms with E-state index in [1.807, 2.05) is 19.1 Å². The van der Waals surface area contributed by atoms with Gasteiger partial charge in [-0.25, -0.2) is 0 Å². The lowest BCUT2D eigenvalue weighted by Gasteiger charge is -2.21. The van der Waals surface area contributed by atoms with E-state index in [9.17, 15) is 0 Å². The third kappa shape index (κ3) is 4.02. The average molecular weight is 358 g/mol. The van der Waals surface area contributed by atoms with Crippen molar-refractivity contribution < 1.29 is 18.7 Å². The summed E-state index contributed by atoms with van der Waals surface area (Å²) in [6.45, 7) is 7.02. The molecule has 1 N–H and O–H groups in total. The minimum Gasteiger partial charge on any atom is -0.454 e. The van der Waals surface area contributed by atoms with Gasteiger partial charge in [-0.2, -0.15) is 0 Å². The summed E-state index contributed by atoms with van der Waals surface area (Å²) in [7, 11) is 0. The first-order valence-electron chi connectivity index (χ1n) is 9.29. The van der Waals surface area contributed by atoms with E-state index in [1.54, 1.807) is 0 Å². The van der Waals surface area contributed by atoms with Crippen molar-refractivity contribution in [1.82, 2.24) is 10.5 Å². The third-order valence-electron chi connectivity index (χ3n) is 5.09. The van der Waals surface area contributed by atoms with Crippen LogP contribution in [-0.4, -0.2) is 37.7 Å². The van der Waals surface area contributed by atoms with Crippen molar-refractivity contribution in [3.8, 4) is 11.5 Å². The molecule has 4 rings (SSSR count). The van der Waals surface area contributed by atoms with E-state index in [4.69, 9.17) is 18.7 Å². The van der Waals surface area contributed by atoms with Crippen molar-refractivity contribution >= 4 is 0 Å². The summed E-state index contributed by atoms with van der Waals surface area (Å²) >= 11 is 0. The minimum atomic E-state index is 0.323. The Labute approximate surface area is 153 Å². The highest BCUT2D eigenvalue weighted by molar-refractivity contribution is 5.44. The van der Waals surface area contributed by atoms with Gasteiger partial charge in [0, 0.05) is 24.4 Å². The van der Waals surface area contributed by atoms with Crippen molar-refractivity contribution in [2.45, 2.75) is 32.7 Å². The number of hydrogen-bond acceptors (Lipinski definition) is 6. The first kappa shape index (κ1) is 17.4. The normalized spacial score (nSPS) is 22.7. The Balaban J connectivity index is 1.27. The van der Waals surface area contributed by atoms with E-state index in [0.717, 1.165) is 55.6 Å². The molecule has 0 amide bonds. The van der Waals surface area contributed by atoms with Gasteiger partial charge in [0.1, 0.15) is 5.76 Å². The van der Waals surface area contributed by atoms with Gasteiger partial charge < -0.3 is 24.1 Å². The van der Waals surface area contributed by atoms with Crippen LogP contribution in [0.15, 0.2) is 28.8 Å². The quantitative estimate of drug-likeness (QED) is 0.821. The molecule has 1 fully saturated rings. The number of aryl methyl sites for hydroxylation is 1. The summed E-state index contributed by atoms with van der Waals surface area (Å²) in [4.78, 5) is 0. The van der Waals surface area contributed by atoms with Gasteiger partial charge in [0.25, 0.3) is 0 Å². The molecule has 1 aromatic heterocycles. The summed E-state index contributed by atoms with van der Waals surface area (Å²) in [5.41, 5.74) is 2.21. The molecular weight excluding hydrogens is 332 g/mol. The molecule has 26 heavy (non-hydrogen) atoms. The first-order chi connectivity index (χ1) is 12.7. The largest absolute Gasteiger partial charge is 0.454 e. The number of fused-ring (bicyclic) bond motifs is 1. The first-order valence-corrected chi connectivity index (χ1v) is 9.29. The predicted molar refractivity (Wildman–Crippen MR) is 96.5 cm³/mol. The van der Waals surface area contributed by atoms with Crippen LogP contribution in [0.1, 0.15) is 23.9 Å². The maximum Gasteiger partial charge on any atom is 0.231 e. The van der Waals surface area contributed by atoms with Gasteiger partial charge in [-0.1, -0.05) is 18.1 Å². The fourth-order valence-electron chi connectivity index (χ4n) is 3.69. The second-order valence-electron chi connectivity index (χ2n) is 7.45. The number of aromatic nitrogens is 1. The monoisotopic (exact) mass is 358 g/mol. The molecule has 140 valence electrons. The highest BCUT2D eigenvalue weighted by Crippen LogP contribution is 2.33. The van der Waals surface area contributed by atoms with Crippen molar-refractivity contribution in [1.29, 1.82) is 0 Å². The summed E-state index contributed by atoms with van der Waals surface area (Å²) in [6, 6.07) is 8.58. The molecule has 6 heteroatoms. The van der Waals surface area contributed by atoms with Crippen LogP contribution < -0.4 is 14.8 Å². The number of hydrogen-bond donors (Lipinski definition) is 1. The number of rotatable bonds is 7. The Kier molecular flexibility index (Phi) is 5.13. The zero-order chi connectivity index (χ0) is 17.9. The Bertz CT molecular complexity index is 745. The van der Waals surface area contributed by atoms with Gasteiger partial charge >= 0.3 is 0 Å². The van der Waals surface area contributed by atoms with Crippen LogP contribution in [0.2, 0.25) is 0 Å². The van der Waals surface area contributed by atoms with Crippen LogP contribution in [0.3, 0.4) is 0 Å². The molecular formula is C20H26N2O4. The summed E-state index contributed by atoms with van der Waals surface area (Å²) < 4.78 is 21.9. The summed E-state index contributed by atoms with van der Waals surface area (Å²) in [5, 5.41) is 7.66. The topological polar surface area (TPSA) is 65.8 Å². The van der Waals surface area contributed by atoms with Crippen LogP contribution >= 0.6 is 0 Å². The van der Waals surface area contributed by atoms with Gasteiger partial charge in [-0.15, -0.1) is 0 Å². The molecule has 1 unspecified atom stereocenters. The van der Waals surface area contributed by atoms with Crippen molar-refractivity contribution in [2.75, 3.05) is 26.6 Å². The number of benzene rings is 1. The molecule has 0 saturated carbocycles. The zero-order valence-corrected chi connectivity index (χ0v) is 15.4. The molecule has 1 aromatic carbocycles. The molecule has 3 heterocycles. The Morgan fingerprint density at radius 3 is 2.92 bits per heavy atom. The molecule has 2 aromatic rings. The molecule has 3 atom stereocenters. The molecule has 2 aliphatic rings. The Hall–Kier alpha value is -2.05. The lowest BCUT2D eigenvalue weighted by Crippen LogP contribution is -2.39. The van der Waals surface area contributed by atoms with Crippen molar-refractivity contribution in [3.63, 3.8) is 0 Å². The Morgan fingerprint density at radius 2 is 2.08 bits per heavy atom. The second-order valence-corrected chi connectivity index (χ2v) is 7.45. The van der Waals surface area contributed by atoms with Crippen LogP contribution in [0.4, 0.5) is 0 Å². The molecule has 1 saturated heterocycles. The lowest BCUT2D eigenvalue weighted by molar-refractivity contribution is 0.174. The molecule has 2 aliphatic heterocycles. The van der Waals surface area contributed by atoms with E-state index in [2.05, 4.69) is 29.5 Å². The molecule has 0 bridgehead atoms. The van der Waals surface area contributed by atoms with Gasteiger partial charge in [0.15, 0.2) is 11.5 Å². The predicted octanol–water partition coefficient (Wildman–Crippen LogP) is 2.74. The van der Waals surface area contributed by atoms with E-state index < -0.39 is 0 Å². The number of nitrogens with one attached hydrogen (secondary N) is 1. The van der Waals surface area contributed by atoms with Crippen molar-refractivity contribution in [3.05, 3.63) is 41.3 Å². The number of ether oxygens (including phenoxy) is 3. The maximum absolute atomic E-state index is 5.69. The van der Waals surface area contributed by atoms with E-state index in [-0.39, 0.29) is 0 Å². The molecule has 6 nitrogen and oxygen atoms in total. The molecule has 0 aliphatic carbocycles. The van der Waals surface area contributed by atoms with Crippen LogP contribution in [0, 0.1) is 18.8 Å². The Morgan fingerprint density at radius 1 is 1.19 bits per heavy atom. The molecule has 0 spiro atoms. The SMILES string of the molecule is Cc1cc(C[C@@H]2COC[C@H]2NCC(C)Cc2ccc3c(c2)OCO3)on1. The maximum atomic E-state index is 5.69. The fraction of sp³-hybridized carbons (Fsp3) is 0.550. The minimum absolute atomic E-state index is 0.323. The number of nitrogens with zero attached hydrogens (tertiary/aromatic N) is 1. The highest BCUT2D eigenvalue weighted by atomic mass is 16.7. The van der Waals surface area contributed by atoms with Gasteiger partial charge in [-0.3, -0.25) is 0 Å². The average Bonchev–Trinajstić information content (AvgIpc) is 3.34. The second kappa shape index (κ2) is 7.68. The van der Waals surface area contributed by atoms with Crippen molar-refractivity contribution in [2.24, 2.45) is 11.8 Å². The van der Waals surface area contributed by atoms with Gasteiger partial charge in [0.2, 0.25) is 6.79 Å². The third-order valence-corrected chi connectivity index (χ3v) is 5.09. The van der Waals surface area contributed by atoms with E-state index >= 15 is 0 Å². The fourth-order valence-corrected chi connectivity index (χ4v) is 3.69. The molecule has 0 radical (unpaired) electrons. The lowest BCUT2D eigenvalue weighted by atomic mass is 9.96. The highest BCUT2D eigenvalue weighted by Gasteiger charge is 2.29. The summed E-state index contributed by atoms with van der Waals surface area (Å²) in [5.74, 6) is 3.59. The smallest absolute Gasteiger partial charge is 0.231 e. The van der Waals surface area contributed by atoms with E-state index in [0.29, 0.717) is 24.7 Å².